The molecule has 0 aromatic heterocycles. The van der Waals surface area contributed by atoms with Gasteiger partial charge in [0, 0.05) is 31.6 Å². The summed E-state index contributed by atoms with van der Waals surface area (Å²) in [5.74, 6) is 0.200. The molecule has 2 N–H and O–H groups in total. The van der Waals surface area contributed by atoms with Gasteiger partial charge in [-0.2, -0.15) is 0 Å². The van der Waals surface area contributed by atoms with Crippen LogP contribution in [0.4, 0.5) is 4.39 Å². The largest absolute Gasteiger partial charge is 0.326 e. The molecule has 0 spiro atoms. The first-order valence-electron chi connectivity index (χ1n) is 7.00. The Hall–Kier alpha value is -1.71. The summed E-state index contributed by atoms with van der Waals surface area (Å²) in [6.45, 7) is 2.68. The zero-order chi connectivity index (χ0) is 13.9. The number of halogens is 1. The van der Waals surface area contributed by atoms with E-state index in [4.69, 9.17) is 5.73 Å². The van der Waals surface area contributed by atoms with Crippen molar-refractivity contribution in [1.82, 2.24) is 4.90 Å². The zero-order valence-corrected chi connectivity index (χ0v) is 11.4. The van der Waals surface area contributed by atoms with E-state index in [2.05, 4.69) is 29.2 Å². The van der Waals surface area contributed by atoms with Crippen LogP contribution in [-0.2, 0) is 6.54 Å². The molecule has 3 heteroatoms. The summed E-state index contributed by atoms with van der Waals surface area (Å²) in [5.41, 5.74) is 8.72. The molecule has 2 aromatic rings. The van der Waals surface area contributed by atoms with Crippen LogP contribution in [0.1, 0.15) is 17.0 Å². The average Bonchev–Trinajstić information content (AvgIpc) is 2.83. The molecule has 0 unspecified atom stereocenters. The van der Waals surface area contributed by atoms with E-state index in [1.807, 2.05) is 18.2 Å². The van der Waals surface area contributed by atoms with Crippen LogP contribution in [-0.4, -0.2) is 24.0 Å². The lowest BCUT2D eigenvalue weighted by atomic mass is 9.95. The van der Waals surface area contributed by atoms with Crippen molar-refractivity contribution < 1.29 is 4.39 Å². The van der Waals surface area contributed by atoms with Crippen molar-refractivity contribution in [2.45, 2.75) is 18.5 Å². The minimum absolute atomic E-state index is 0.165. The van der Waals surface area contributed by atoms with Crippen LogP contribution in [0.2, 0.25) is 0 Å². The molecule has 1 fully saturated rings. The van der Waals surface area contributed by atoms with E-state index in [1.165, 1.54) is 17.7 Å². The van der Waals surface area contributed by atoms with Gasteiger partial charge in [-0.3, -0.25) is 4.90 Å². The van der Waals surface area contributed by atoms with Gasteiger partial charge >= 0.3 is 0 Å². The second-order valence-electron chi connectivity index (χ2n) is 5.50. The number of nitrogens with two attached hydrogens (primary N) is 1. The first-order chi connectivity index (χ1) is 9.72. The van der Waals surface area contributed by atoms with E-state index < -0.39 is 0 Å². The fourth-order valence-corrected chi connectivity index (χ4v) is 2.94. The molecule has 2 nitrogen and oxygen atoms in total. The average molecular weight is 270 g/mol. The van der Waals surface area contributed by atoms with Gasteiger partial charge < -0.3 is 5.73 Å². The molecule has 1 aliphatic heterocycles. The van der Waals surface area contributed by atoms with Crippen molar-refractivity contribution in [1.29, 1.82) is 0 Å². The molecular formula is C17H19FN2. The molecule has 1 heterocycles. The van der Waals surface area contributed by atoms with Crippen LogP contribution in [0, 0.1) is 5.82 Å². The summed E-state index contributed by atoms with van der Waals surface area (Å²) in [6.07, 6.45) is 0. The van der Waals surface area contributed by atoms with Gasteiger partial charge in [0.2, 0.25) is 0 Å². The van der Waals surface area contributed by atoms with E-state index in [0.717, 1.165) is 25.2 Å². The summed E-state index contributed by atoms with van der Waals surface area (Å²) in [5, 5.41) is 0. The van der Waals surface area contributed by atoms with Crippen LogP contribution >= 0.6 is 0 Å². The first-order valence-corrected chi connectivity index (χ1v) is 7.00. The number of benzene rings is 2. The molecule has 0 amide bonds. The highest BCUT2D eigenvalue weighted by Crippen LogP contribution is 2.27. The molecular weight excluding hydrogens is 251 g/mol. The standard InChI is InChI=1S/C17H19FN2/c18-15-8-6-13(7-9-15)10-20-11-16(17(19)12-20)14-4-2-1-3-5-14/h1-9,16-17H,10-12,19H2/t16-,17+/m0/s1. The Morgan fingerprint density at radius 1 is 1.00 bits per heavy atom. The number of likely N-dealkylation sites (tertiary alicyclic amines) is 1. The third-order valence-electron chi connectivity index (χ3n) is 3.99. The molecule has 104 valence electrons. The van der Waals surface area contributed by atoms with Gasteiger partial charge in [0.1, 0.15) is 5.82 Å². The molecule has 3 rings (SSSR count). The maximum Gasteiger partial charge on any atom is 0.123 e. The highest BCUT2D eigenvalue weighted by atomic mass is 19.1. The van der Waals surface area contributed by atoms with Gasteiger partial charge in [-0.05, 0) is 23.3 Å². The highest BCUT2D eigenvalue weighted by Gasteiger charge is 2.30. The molecule has 2 aromatic carbocycles. The van der Waals surface area contributed by atoms with Crippen molar-refractivity contribution in [3.8, 4) is 0 Å². The minimum Gasteiger partial charge on any atom is -0.326 e. The lowest BCUT2D eigenvalue weighted by Crippen LogP contribution is -2.28. The van der Waals surface area contributed by atoms with E-state index in [-0.39, 0.29) is 11.9 Å². The van der Waals surface area contributed by atoms with Crippen LogP contribution in [0.3, 0.4) is 0 Å². The predicted octanol–water partition coefficient (Wildman–Crippen LogP) is 2.75. The monoisotopic (exact) mass is 270 g/mol. The predicted molar refractivity (Wildman–Crippen MR) is 78.8 cm³/mol. The van der Waals surface area contributed by atoms with Crippen LogP contribution < -0.4 is 5.73 Å². The lowest BCUT2D eigenvalue weighted by molar-refractivity contribution is 0.323. The number of rotatable bonds is 3. The Balaban J connectivity index is 1.68. The van der Waals surface area contributed by atoms with E-state index >= 15 is 0 Å². The summed E-state index contributed by atoms with van der Waals surface area (Å²) in [6, 6.07) is 17.3. The fourth-order valence-electron chi connectivity index (χ4n) is 2.94. The summed E-state index contributed by atoms with van der Waals surface area (Å²) in [7, 11) is 0. The van der Waals surface area contributed by atoms with Crippen molar-refractivity contribution >= 4 is 0 Å². The van der Waals surface area contributed by atoms with Crippen molar-refractivity contribution in [2.24, 2.45) is 5.73 Å². The minimum atomic E-state index is -0.186. The second kappa shape index (κ2) is 5.73. The van der Waals surface area contributed by atoms with Gasteiger partial charge in [-0.25, -0.2) is 4.39 Å². The van der Waals surface area contributed by atoms with Crippen molar-refractivity contribution in [2.75, 3.05) is 13.1 Å². The first kappa shape index (κ1) is 13.3. The van der Waals surface area contributed by atoms with Crippen LogP contribution in [0.25, 0.3) is 0 Å². The maximum atomic E-state index is 12.9. The molecule has 2 atom stereocenters. The normalized spacial score (nSPS) is 23.1. The Morgan fingerprint density at radius 2 is 1.70 bits per heavy atom. The lowest BCUT2D eigenvalue weighted by Gasteiger charge is -2.16. The maximum absolute atomic E-state index is 12.9. The quantitative estimate of drug-likeness (QED) is 0.929. The van der Waals surface area contributed by atoms with E-state index in [9.17, 15) is 4.39 Å². The molecule has 0 radical (unpaired) electrons. The second-order valence-corrected chi connectivity index (χ2v) is 5.50. The summed E-state index contributed by atoms with van der Waals surface area (Å²) < 4.78 is 12.9. The van der Waals surface area contributed by atoms with Gasteiger partial charge in [0.15, 0.2) is 0 Å². The number of hydrogen-bond acceptors (Lipinski definition) is 2. The van der Waals surface area contributed by atoms with Crippen LogP contribution in [0.5, 0.6) is 0 Å². The van der Waals surface area contributed by atoms with Gasteiger partial charge in [-0.15, -0.1) is 0 Å². The topological polar surface area (TPSA) is 29.3 Å². The van der Waals surface area contributed by atoms with Crippen LogP contribution in [0.15, 0.2) is 54.6 Å². The Morgan fingerprint density at radius 3 is 2.40 bits per heavy atom. The van der Waals surface area contributed by atoms with Crippen molar-refractivity contribution in [3.63, 3.8) is 0 Å². The van der Waals surface area contributed by atoms with Crippen molar-refractivity contribution in [3.05, 3.63) is 71.5 Å². The molecule has 1 aliphatic rings. The zero-order valence-electron chi connectivity index (χ0n) is 11.4. The molecule has 20 heavy (non-hydrogen) atoms. The molecule has 0 bridgehead atoms. The third-order valence-corrected chi connectivity index (χ3v) is 3.99. The molecule has 0 saturated carbocycles. The summed E-state index contributed by atoms with van der Waals surface area (Å²) in [4.78, 5) is 2.34. The SMILES string of the molecule is N[C@@H]1CN(Cc2ccc(F)cc2)C[C@H]1c1ccccc1. The van der Waals surface area contributed by atoms with Gasteiger partial charge in [-0.1, -0.05) is 42.5 Å². The Kier molecular flexibility index (Phi) is 3.81. The third kappa shape index (κ3) is 2.89. The fraction of sp³-hybridized carbons (Fsp3) is 0.294. The highest BCUT2D eigenvalue weighted by molar-refractivity contribution is 5.24. The molecule has 0 aliphatic carbocycles. The van der Waals surface area contributed by atoms with E-state index in [0.29, 0.717) is 5.92 Å². The Bertz CT molecular complexity index is 553. The number of hydrogen-bond donors (Lipinski definition) is 1. The molecule has 1 saturated heterocycles. The summed E-state index contributed by atoms with van der Waals surface area (Å²) >= 11 is 0. The van der Waals surface area contributed by atoms with E-state index in [1.54, 1.807) is 0 Å². The van der Waals surface area contributed by atoms with Gasteiger partial charge in [0.05, 0.1) is 0 Å². The Labute approximate surface area is 119 Å². The number of nitrogens with zero attached hydrogens (tertiary/aromatic N) is 1. The smallest absolute Gasteiger partial charge is 0.123 e. The van der Waals surface area contributed by atoms with Gasteiger partial charge in [0.25, 0.3) is 0 Å².